The number of aliphatic hydroxyl groups is 1. The number of hydrogen-bond acceptors (Lipinski definition) is 3. The van der Waals surface area contributed by atoms with Crippen molar-refractivity contribution in [3.8, 4) is 0 Å². The Morgan fingerprint density at radius 1 is 1.13 bits per heavy atom. The smallest absolute Gasteiger partial charge is 0.316 e. The van der Waals surface area contributed by atoms with E-state index >= 15 is 0 Å². The Hall–Kier alpha value is -2.62. The van der Waals surface area contributed by atoms with Crippen LogP contribution in [0.2, 0.25) is 0 Å². The van der Waals surface area contributed by atoms with Crippen LogP contribution in [-0.2, 0) is 26.7 Å². The van der Waals surface area contributed by atoms with E-state index in [1.54, 1.807) is 6.08 Å². The maximum Gasteiger partial charge on any atom is 0.316 e. The molecule has 0 aliphatic carbocycles. The standard InChI is InChI=1S/C21H20NO.C5H8O2.Ir/c1-21(2,3)18-13-19(23)17-12-8-7-11-16(17)14-22-20(18)15-9-5-4-6-10-15;1-4(6)3-5(2)7;/h4-9,11-13H,14H2,1-3H3;3,6H,1-2H3;/q-1;;/p+1/b;4-3-;. The summed E-state index contributed by atoms with van der Waals surface area (Å²) < 4.78 is 0. The van der Waals surface area contributed by atoms with Crippen LogP contribution in [0.5, 0.6) is 0 Å². The molecule has 1 radical (unpaired) electrons. The van der Waals surface area contributed by atoms with Gasteiger partial charge in [-0.15, -0.1) is 35.9 Å². The number of fused-ring (bicyclic) bond motifs is 1. The molecular formula is C26H29IrNO3. The Morgan fingerprint density at radius 3 is 2.29 bits per heavy atom. The Labute approximate surface area is 198 Å². The fourth-order valence-corrected chi connectivity index (χ4v) is 3.07. The molecule has 0 fully saturated rings. The molecule has 3 rings (SSSR count). The topological polar surface area (TPSA) is 71.1 Å². The first-order valence-electron chi connectivity index (χ1n) is 9.85. The maximum absolute atomic E-state index is 12.8. The molecule has 0 spiro atoms. The van der Waals surface area contributed by atoms with Crippen molar-refractivity contribution in [3.63, 3.8) is 0 Å². The molecule has 0 atom stereocenters. The zero-order valence-electron chi connectivity index (χ0n) is 18.6. The summed E-state index contributed by atoms with van der Waals surface area (Å²) >= 11 is 0. The molecule has 0 saturated heterocycles. The van der Waals surface area contributed by atoms with Crippen molar-refractivity contribution in [1.29, 1.82) is 0 Å². The van der Waals surface area contributed by atoms with Crippen molar-refractivity contribution in [2.24, 2.45) is 10.4 Å². The fraction of sp³-hybridized carbons (Fsp3) is 0.269. The maximum atomic E-state index is 12.8. The number of rotatable bonds is 2. The van der Waals surface area contributed by atoms with E-state index in [0.29, 0.717) is 6.54 Å². The van der Waals surface area contributed by atoms with Crippen LogP contribution in [0.3, 0.4) is 0 Å². The monoisotopic (exact) mass is 596 g/mol. The van der Waals surface area contributed by atoms with E-state index in [4.69, 9.17) is 14.9 Å². The third kappa shape index (κ3) is 7.86. The molecule has 0 bridgehead atoms. The molecule has 5 heteroatoms. The van der Waals surface area contributed by atoms with Crippen molar-refractivity contribution >= 4 is 17.3 Å². The van der Waals surface area contributed by atoms with Gasteiger partial charge < -0.3 is 10.1 Å². The van der Waals surface area contributed by atoms with Gasteiger partial charge in [0.15, 0.2) is 5.78 Å². The third-order valence-electron chi connectivity index (χ3n) is 4.41. The van der Waals surface area contributed by atoms with E-state index in [-0.39, 0.29) is 42.8 Å². The van der Waals surface area contributed by atoms with E-state index in [1.807, 2.05) is 48.5 Å². The summed E-state index contributed by atoms with van der Waals surface area (Å²) in [4.78, 5) is 26.0. The molecular weight excluding hydrogens is 567 g/mol. The summed E-state index contributed by atoms with van der Waals surface area (Å²) in [6.07, 6.45) is 3.03. The second-order valence-electron chi connectivity index (χ2n) is 8.20. The number of ketones is 2. The minimum atomic E-state index is -0.176. The Kier molecular flexibility index (Phi) is 9.96. The number of aliphatic imine (C=N–C) groups is 1. The number of carbonyl (C=O) groups is 1. The Bertz CT molecular complexity index is 1010. The summed E-state index contributed by atoms with van der Waals surface area (Å²) in [5.41, 5.74) is 4.29. The molecule has 1 aliphatic heterocycles. The van der Waals surface area contributed by atoms with Crippen LogP contribution in [0, 0.1) is 11.5 Å². The number of carbonyl (C=O) groups excluding carboxylic acids is 2. The molecule has 0 amide bonds. The van der Waals surface area contributed by atoms with E-state index in [2.05, 4.69) is 26.8 Å². The third-order valence-corrected chi connectivity index (χ3v) is 4.41. The van der Waals surface area contributed by atoms with Crippen molar-refractivity contribution in [1.82, 2.24) is 0 Å². The van der Waals surface area contributed by atoms with Crippen molar-refractivity contribution in [2.45, 2.75) is 41.2 Å². The van der Waals surface area contributed by atoms with Crippen molar-refractivity contribution in [2.75, 3.05) is 0 Å². The van der Waals surface area contributed by atoms with Gasteiger partial charge in [0.2, 0.25) is 0 Å². The summed E-state index contributed by atoms with van der Waals surface area (Å²) in [5.74, 6) is 0.300. The summed E-state index contributed by atoms with van der Waals surface area (Å²) in [6, 6.07) is 18.7. The van der Waals surface area contributed by atoms with Gasteiger partial charge in [-0.2, -0.15) is 0 Å². The Morgan fingerprint density at radius 2 is 1.77 bits per heavy atom. The molecule has 1 aliphatic rings. The van der Waals surface area contributed by atoms with Crippen molar-refractivity contribution < 1.29 is 34.8 Å². The van der Waals surface area contributed by atoms with Crippen LogP contribution in [0.25, 0.3) is 0 Å². The summed E-state index contributed by atoms with van der Waals surface area (Å²) in [5, 5.41) is 8.40. The van der Waals surface area contributed by atoms with Gasteiger partial charge in [0, 0.05) is 25.7 Å². The van der Waals surface area contributed by atoms with Crippen LogP contribution < -0.4 is 0 Å². The Balaban J connectivity index is 0.000000523. The zero-order valence-corrected chi connectivity index (χ0v) is 21.0. The number of nitrogens with zero attached hydrogens (tertiary/aromatic N) is 1. The average Bonchev–Trinajstić information content (AvgIpc) is 2.65. The van der Waals surface area contributed by atoms with E-state index in [0.717, 1.165) is 28.0 Å². The average molecular weight is 596 g/mol. The fourth-order valence-electron chi connectivity index (χ4n) is 3.07. The summed E-state index contributed by atoms with van der Waals surface area (Å²) in [7, 11) is 0. The molecule has 0 aromatic heterocycles. The molecule has 1 heterocycles. The number of hydrogen-bond donors (Lipinski definition) is 1. The molecule has 0 unspecified atom stereocenters. The number of benzene rings is 2. The van der Waals surface area contributed by atoms with Crippen LogP contribution in [0.15, 0.2) is 77.0 Å². The van der Waals surface area contributed by atoms with Gasteiger partial charge in [-0.3, -0.25) is 9.59 Å². The van der Waals surface area contributed by atoms with E-state index in [9.17, 15) is 4.79 Å². The first-order chi connectivity index (χ1) is 14.1. The van der Waals surface area contributed by atoms with Crippen LogP contribution in [-0.4, -0.2) is 27.2 Å². The van der Waals surface area contributed by atoms with Gasteiger partial charge in [0.05, 0.1) is 25.3 Å². The van der Waals surface area contributed by atoms with Gasteiger partial charge in [-0.05, 0) is 29.7 Å². The first kappa shape index (κ1) is 26.4. The zero-order chi connectivity index (χ0) is 22.3. The SMILES string of the molecule is CC(=[OH+])/C=C(/C)O.CC(C)(C)C1=CC(=O)c2ccccc2CN=C1c1[c-]cccc1.[Ir]. The van der Waals surface area contributed by atoms with Crippen LogP contribution in [0.1, 0.15) is 56.1 Å². The predicted molar refractivity (Wildman–Crippen MR) is 123 cm³/mol. The second kappa shape index (κ2) is 11.7. The minimum Gasteiger partial charge on any atom is -0.512 e. The normalized spacial score (nSPS) is 13.8. The van der Waals surface area contributed by atoms with E-state index < -0.39 is 0 Å². The number of aliphatic hydroxyl groups excluding tert-OH is 1. The van der Waals surface area contributed by atoms with Gasteiger partial charge in [0.1, 0.15) is 0 Å². The number of allylic oxidation sites excluding steroid dienone is 4. The molecule has 31 heavy (non-hydrogen) atoms. The largest absolute Gasteiger partial charge is 0.512 e. The molecule has 4 nitrogen and oxygen atoms in total. The molecule has 2 aromatic carbocycles. The van der Waals surface area contributed by atoms with Gasteiger partial charge in [0.25, 0.3) is 0 Å². The van der Waals surface area contributed by atoms with Gasteiger partial charge in [-0.25, -0.2) is 0 Å². The molecule has 0 saturated carbocycles. The summed E-state index contributed by atoms with van der Waals surface area (Å²) in [6.45, 7) is 9.83. The molecule has 165 valence electrons. The molecule has 2 N–H and O–H groups in total. The van der Waals surface area contributed by atoms with Crippen LogP contribution in [0.4, 0.5) is 0 Å². The second-order valence-corrected chi connectivity index (χ2v) is 8.20. The van der Waals surface area contributed by atoms with Crippen molar-refractivity contribution in [3.05, 3.63) is 94.8 Å². The predicted octanol–water partition coefficient (Wildman–Crippen LogP) is 5.66. The molecule has 2 aromatic rings. The minimum absolute atomic E-state index is 0. The van der Waals surface area contributed by atoms with Gasteiger partial charge >= 0.3 is 5.78 Å². The van der Waals surface area contributed by atoms with Gasteiger partial charge in [-0.1, -0.05) is 50.6 Å². The quantitative estimate of drug-likeness (QED) is 0.211. The first-order valence-corrected chi connectivity index (χ1v) is 9.85. The van der Waals surface area contributed by atoms with E-state index in [1.165, 1.54) is 19.9 Å². The van der Waals surface area contributed by atoms with Crippen LogP contribution >= 0.6 is 0 Å².